The quantitative estimate of drug-likeness (QED) is 0.481. The predicted octanol–water partition coefficient (Wildman–Crippen LogP) is 4.41. The van der Waals surface area contributed by atoms with Crippen LogP contribution in [0.2, 0.25) is 0 Å². The van der Waals surface area contributed by atoms with E-state index in [0.29, 0.717) is 44.0 Å². The van der Waals surface area contributed by atoms with Crippen LogP contribution in [0.5, 0.6) is 0 Å². The molecule has 0 spiro atoms. The molecule has 8 heteroatoms. The van der Waals surface area contributed by atoms with Gasteiger partial charge in [-0.1, -0.05) is 50.2 Å². The molecule has 3 amide bonds. The zero-order valence-corrected chi connectivity index (χ0v) is 21.8. The molecule has 1 aliphatic heterocycles. The number of carbonyl (C=O) groups is 3. The van der Waals surface area contributed by atoms with Crippen molar-refractivity contribution in [3.05, 3.63) is 95.8 Å². The Morgan fingerprint density at radius 3 is 2.21 bits per heavy atom. The minimum Gasteiger partial charge on any atom is -0.368 e. The summed E-state index contributed by atoms with van der Waals surface area (Å²) < 4.78 is 13.5. The van der Waals surface area contributed by atoms with Crippen LogP contribution in [0.1, 0.15) is 29.8 Å². The first-order valence-corrected chi connectivity index (χ1v) is 12.8. The van der Waals surface area contributed by atoms with Crippen LogP contribution < -0.4 is 10.2 Å². The van der Waals surface area contributed by atoms with E-state index in [-0.39, 0.29) is 30.2 Å². The molecule has 1 heterocycles. The van der Waals surface area contributed by atoms with Gasteiger partial charge in [-0.3, -0.25) is 14.4 Å². The summed E-state index contributed by atoms with van der Waals surface area (Å²) in [7, 11) is 0. The van der Waals surface area contributed by atoms with Crippen molar-refractivity contribution in [2.24, 2.45) is 5.92 Å². The Bertz CT molecular complexity index is 1260. The second-order valence-corrected chi connectivity index (χ2v) is 9.72. The maximum atomic E-state index is 13.5. The van der Waals surface area contributed by atoms with Gasteiger partial charge in [-0.25, -0.2) is 4.39 Å². The summed E-state index contributed by atoms with van der Waals surface area (Å²) in [4.78, 5) is 43.7. The molecule has 0 unspecified atom stereocenters. The van der Waals surface area contributed by atoms with Crippen molar-refractivity contribution in [2.45, 2.75) is 20.4 Å². The van der Waals surface area contributed by atoms with E-state index in [1.165, 1.54) is 12.1 Å². The first-order valence-electron chi connectivity index (χ1n) is 12.8. The summed E-state index contributed by atoms with van der Waals surface area (Å²) in [6.07, 6.45) is 0. The molecule has 0 radical (unpaired) electrons. The van der Waals surface area contributed by atoms with Gasteiger partial charge in [0, 0.05) is 55.6 Å². The van der Waals surface area contributed by atoms with Crippen molar-refractivity contribution in [2.75, 3.05) is 42.9 Å². The Morgan fingerprint density at radius 1 is 0.895 bits per heavy atom. The number of amides is 3. The average molecular weight is 517 g/mol. The molecule has 0 aliphatic carbocycles. The van der Waals surface area contributed by atoms with E-state index < -0.39 is 5.82 Å². The lowest BCUT2D eigenvalue weighted by atomic mass is 10.1. The largest absolute Gasteiger partial charge is 0.368 e. The first kappa shape index (κ1) is 26.9. The molecule has 1 N–H and O–H groups in total. The van der Waals surface area contributed by atoms with Gasteiger partial charge in [-0.15, -0.1) is 0 Å². The normalized spacial score (nSPS) is 13.4. The fourth-order valence-electron chi connectivity index (χ4n) is 4.48. The number of halogens is 1. The molecule has 1 aliphatic rings. The second-order valence-electron chi connectivity index (χ2n) is 9.72. The molecule has 0 atom stereocenters. The van der Waals surface area contributed by atoms with Gasteiger partial charge in [0.25, 0.3) is 5.91 Å². The number of carbonyl (C=O) groups excluding carboxylic acids is 3. The molecule has 7 nitrogen and oxygen atoms in total. The summed E-state index contributed by atoms with van der Waals surface area (Å²) in [5.41, 5.74) is 2.96. The van der Waals surface area contributed by atoms with Gasteiger partial charge in [0.15, 0.2) is 0 Å². The Balaban J connectivity index is 1.31. The molecule has 0 aromatic heterocycles. The highest BCUT2D eigenvalue weighted by atomic mass is 19.1. The molecule has 1 fully saturated rings. The van der Waals surface area contributed by atoms with Gasteiger partial charge < -0.3 is 20.0 Å². The molecule has 38 heavy (non-hydrogen) atoms. The van der Waals surface area contributed by atoms with Crippen molar-refractivity contribution in [3.8, 4) is 0 Å². The van der Waals surface area contributed by atoms with Crippen LogP contribution in [-0.4, -0.2) is 60.2 Å². The van der Waals surface area contributed by atoms with Crippen LogP contribution in [0.4, 0.5) is 15.8 Å². The van der Waals surface area contributed by atoms with Crippen LogP contribution in [0.3, 0.4) is 0 Å². The highest BCUT2D eigenvalue weighted by Crippen LogP contribution is 2.21. The fraction of sp³-hybridized carbons (Fsp3) is 0.300. The molecule has 198 valence electrons. The summed E-state index contributed by atoms with van der Waals surface area (Å²) in [6, 6.07) is 22.9. The Hall–Kier alpha value is -4.20. The van der Waals surface area contributed by atoms with Crippen molar-refractivity contribution < 1.29 is 18.8 Å². The standard InChI is InChI=1S/C30H33FN4O3/c1-22(2)29(37)35(20-23-7-4-3-5-8-23)21-28(36)32-26-11-13-27(14-12-26)33-15-17-34(18-16-33)30(38)24-9-6-10-25(31)19-24/h3-14,19,22H,15-18,20-21H2,1-2H3,(H,32,36). The minimum absolute atomic E-state index is 0.0328. The zero-order valence-electron chi connectivity index (χ0n) is 21.8. The Morgan fingerprint density at radius 2 is 1.58 bits per heavy atom. The van der Waals surface area contributed by atoms with E-state index in [4.69, 9.17) is 0 Å². The third-order valence-corrected chi connectivity index (χ3v) is 6.51. The molecule has 1 saturated heterocycles. The SMILES string of the molecule is CC(C)C(=O)N(CC(=O)Nc1ccc(N2CCN(C(=O)c3cccc(F)c3)CC2)cc1)Cc1ccccc1. The van der Waals surface area contributed by atoms with Crippen molar-refractivity contribution in [1.29, 1.82) is 0 Å². The van der Waals surface area contributed by atoms with Crippen molar-refractivity contribution in [1.82, 2.24) is 9.80 Å². The number of nitrogens with zero attached hydrogens (tertiary/aromatic N) is 3. The monoisotopic (exact) mass is 516 g/mol. The number of hydrogen-bond donors (Lipinski definition) is 1. The maximum absolute atomic E-state index is 13.5. The fourth-order valence-corrected chi connectivity index (χ4v) is 4.48. The van der Waals surface area contributed by atoms with Crippen LogP contribution in [0, 0.1) is 11.7 Å². The number of anilines is 2. The van der Waals surface area contributed by atoms with E-state index in [2.05, 4.69) is 10.2 Å². The number of piperazine rings is 1. The molecular weight excluding hydrogens is 483 g/mol. The van der Waals surface area contributed by atoms with Crippen LogP contribution in [0.15, 0.2) is 78.9 Å². The lowest BCUT2D eigenvalue weighted by molar-refractivity contribution is -0.138. The minimum atomic E-state index is -0.419. The number of rotatable bonds is 8. The third-order valence-electron chi connectivity index (χ3n) is 6.51. The van der Waals surface area contributed by atoms with E-state index in [9.17, 15) is 18.8 Å². The predicted molar refractivity (Wildman–Crippen MR) is 146 cm³/mol. The third kappa shape index (κ3) is 6.97. The smallest absolute Gasteiger partial charge is 0.254 e. The average Bonchev–Trinajstić information content (AvgIpc) is 2.93. The number of hydrogen-bond acceptors (Lipinski definition) is 4. The number of nitrogens with one attached hydrogen (secondary N) is 1. The Labute approximate surface area is 222 Å². The van der Waals surface area contributed by atoms with Gasteiger partial charge in [0.05, 0.1) is 0 Å². The topological polar surface area (TPSA) is 73.0 Å². The zero-order chi connectivity index (χ0) is 27.1. The van der Waals surface area contributed by atoms with E-state index in [1.807, 2.05) is 68.4 Å². The van der Waals surface area contributed by atoms with Crippen LogP contribution in [0.25, 0.3) is 0 Å². The second kappa shape index (κ2) is 12.4. The summed E-state index contributed by atoms with van der Waals surface area (Å²) in [5.74, 6) is -1.13. The van der Waals surface area contributed by atoms with E-state index >= 15 is 0 Å². The van der Waals surface area contributed by atoms with Crippen LogP contribution >= 0.6 is 0 Å². The van der Waals surface area contributed by atoms with Gasteiger partial charge >= 0.3 is 0 Å². The molecule has 3 aromatic carbocycles. The highest BCUT2D eigenvalue weighted by molar-refractivity contribution is 5.95. The lowest BCUT2D eigenvalue weighted by Gasteiger charge is -2.36. The van der Waals surface area contributed by atoms with Gasteiger partial charge in [0.2, 0.25) is 11.8 Å². The molecule has 0 bridgehead atoms. The highest BCUT2D eigenvalue weighted by Gasteiger charge is 2.23. The summed E-state index contributed by atoms with van der Waals surface area (Å²) in [5, 5.41) is 2.89. The van der Waals surface area contributed by atoms with Crippen molar-refractivity contribution >= 4 is 29.1 Å². The lowest BCUT2D eigenvalue weighted by Crippen LogP contribution is -2.48. The molecule has 3 aromatic rings. The van der Waals surface area contributed by atoms with Gasteiger partial charge in [-0.2, -0.15) is 0 Å². The Kier molecular flexibility index (Phi) is 8.73. The van der Waals surface area contributed by atoms with Crippen LogP contribution in [-0.2, 0) is 16.1 Å². The maximum Gasteiger partial charge on any atom is 0.254 e. The molecule has 0 saturated carbocycles. The van der Waals surface area contributed by atoms with Crippen molar-refractivity contribution in [3.63, 3.8) is 0 Å². The number of benzene rings is 3. The summed E-state index contributed by atoms with van der Waals surface area (Å²) in [6.45, 7) is 6.37. The van der Waals surface area contributed by atoms with E-state index in [1.54, 1.807) is 21.9 Å². The molecular formula is C30H33FN4O3. The van der Waals surface area contributed by atoms with E-state index in [0.717, 1.165) is 11.3 Å². The van der Waals surface area contributed by atoms with Gasteiger partial charge in [0.1, 0.15) is 12.4 Å². The van der Waals surface area contributed by atoms with Gasteiger partial charge in [-0.05, 0) is 48.0 Å². The first-order chi connectivity index (χ1) is 18.3. The summed E-state index contributed by atoms with van der Waals surface area (Å²) >= 11 is 0. The molecule has 4 rings (SSSR count).